The topological polar surface area (TPSA) is 21.3 Å². The largest absolute Gasteiger partial charge is 0.432 e. The predicted octanol–water partition coefficient (Wildman–Crippen LogP) is 2.26. The van der Waals surface area contributed by atoms with Gasteiger partial charge in [-0.25, -0.2) is 0 Å². The van der Waals surface area contributed by atoms with E-state index in [0.29, 0.717) is 5.56 Å². The lowest BCUT2D eigenvalue weighted by atomic mass is 10.1. The highest BCUT2D eigenvalue weighted by molar-refractivity contribution is 5.53. The lowest BCUT2D eigenvalue weighted by Crippen LogP contribution is -2.20. The van der Waals surface area contributed by atoms with Crippen molar-refractivity contribution in [3.8, 4) is 5.75 Å². The molecule has 0 aliphatic carbocycles. The van der Waals surface area contributed by atoms with E-state index in [1.54, 1.807) is 25.2 Å². The van der Waals surface area contributed by atoms with Gasteiger partial charge in [-0.2, -0.15) is 8.78 Å². The van der Waals surface area contributed by atoms with Gasteiger partial charge in [-0.05, 0) is 6.07 Å². The smallest absolute Gasteiger partial charge is 0.402 e. The molecule has 1 N–H and O–H groups in total. The van der Waals surface area contributed by atoms with Gasteiger partial charge in [-0.15, -0.1) is 0 Å². The van der Waals surface area contributed by atoms with Crippen molar-refractivity contribution >= 4 is 5.69 Å². The molecule has 0 saturated heterocycles. The molecule has 0 radical (unpaired) electrons. The lowest BCUT2D eigenvalue weighted by Gasteiger charge is -2.07. The first-order valence-corrected chi connectivity index (χ1v) is 3.98. The summed E-state index contributed by atoms with van der Waals surface area (Å²) in [6.45, 7) is 0. The fraction of sp³-hybridized carbons (Fsp3) is 0.333. The average molecular weight is 185 g/mol. The van der Waals surface area contributed by atoms with Gasteiger partial charge < -0.3 is 10.1 Å². The van der Waals surface area contributed by atoms with E-state index in [9.17, 15) is 8.78 Å². The Hall–Kier alpha value is -1.32. The van der Waals surface area contributed by atoms with Crippen molar-refractivity contribution in [2.75, 3.05) is 12.4 Å². The van der Waals surface area contributed by atoms with E-state index in [1.807, 2.05) is 0 Å². The van der Waals surface area contributed by atoms with Crippen LogP contribution in [0.15, 0.2) is 18.2 Å². The quantitative estimate of drug-likeness (QED) is 0.724. The Balaban J connectivity index is 2.36. The number of alkyl halides is 2. The summed E-state index contributed by atoms with van der Waals surface area (Å²) in [6, 6.07) is 4.99. The van der Waals surface area contributed by atoms with Crippen LogP contribution in [0.5, 0.6) is 5.75 Å². The van der Waals surface area contributed by atoms with Crippen LogP contribution in [0.4, 0.5) is 14.5 Å². The molecule has 70 valence electrons. The van der Waals surface area contributed by atoms with E-state index in [1.165, 1.54) is 0 Å². The fourth-order valence-electron chi connectivity index (χ4n) is 1.37. The molecule has 0 bridgehead atoms. The summed E-state index contributed by atoms with van der Waals surface area (Å²) in [4.78, 5) is 0. The van der Waals surface area contributed by atoms with Gasteiger partial charge in [0.1, 0.15) is 5.75 Å². The van der Waals surface area contributed by atoms with Crippen LogP contribution in [0, 0.1) is 0 Å². The molecule has 1 aromatic rings. The molecule has 0 fully saturated rings. The Morgan fingerprint density at radius 2 is 2.23 bits per heavy atom. The maximum atomic E-state index is 12.7. The number of nitrogens with one attached hydrogen (secondary N) is 1. The monoisotopic (exact) mass is 185 g/mol. The van der Waals surface area contributed by atoms with Crippen molar-refractivity contribution in [3.63, 3.8) is 0 Å². The summed E-state index contributed by atoms with van der Waals surface area (Å²) in [6.07, 6.45) is -3.36. The number of hydrogen-bond acceptors (Lipinski definition) is 2. The van der Waals surface area contributed by atoms with Crippen LogP contribution in [0.1, 0.15) is 5.56 Å². The van der Waals surface area contributed by atoms with Crippen molar-refractivity contribution in [2.24, 2.45) is 0 Å². The molecular weight excluding hydrogens is 176 g/mol. The van der Waals surface area contributed by atoms with Crippen molar-refractivity contribution in [3.05, 3.63) is 23.8 Å². The third-order valence-electron chi connectivity index (χ3n) is 2.01. The zero-order chi connectivity index (χ0) is 9.47. The Labute approximate surface area is 74.5 Å². The second kappa shape index (κ2) is 2.58. The normalized spacial score (nSPS) is 17.8. The molecule has 2 nitrogen and oxygen atoms in total. The molecule has 0 unspecified atom stereocenters. The van der Waals surface area contributed by atoms with E-state index in [-0.39, 0.29) is 12.2 Å². The average Bonchev–Trinajstić information content (AvgIpc) is 2.36. The lowest BCUT2D eigenvalue weighted by molar-refractivity contribution is -0.159. The first-order chi connectivity index (χ1) is 6.11. The second-order valence-corrected chi connectivity index (χ2v) is 2.99. The van der Waals surface area contributed by atoms with Gasteiger partial charge in [0.05, 0.1) is 6.42 Å². The molecule has 0 amide bonds. The van der Waals surface area contributed by atoms with E-state index in [0.717, 1.165) is 5.69 Å². The Morgan fingerprint density at radius 1 is 1.46 bits per heavy atom. The maximum Gasteiger partial charge on any atom is 0.402 e. The summed E-state index contributed by atoms with van der Waals surface area (Å²) in [5.41, 5.74) is 1.33. The zero-order valence-electron chi connectivity index (χ0n) is 7.10. The number of ether oxygens (including phenoxy) is 1. The van der Waals surface area contributed by atoms with Crippen molar-refractivity contribution in [1.82, 2.24) is 0 Å². The van der Waals surface area contributed by atoms with Crippen molar-refractivity contribution in [1.29, 1.82) is 0 Å². The van der Waals surface area contributed by atoms with E-state index >= 15 is 0 Å². The highest BCUT2D eigenvalue weighted by Crippen LogP contribution is 2.38. The van der Waals surface area contributed by atoms with Crippen molar-refractivity contribution < 1.29 is 13.5 Å². The number of halogens is 2. The summed E-state index contributed by atoms with van der Waals surface area (Å²) >= 11 is 0. The second-order valence-electron chi connectivity index (χ2n) is 2.99. The minimum Gasteiger partial charge on any atom is -0.432 e. The van der Waals surface area contributed by atoms with Crippen LogP contribution in [0.2, 0.25) is 0 Å². The summed E-state index contributed by atoms with van der Waals surface area (Å²) in [5.74, 6) is 0.275. The highest BCUT2D eigenvalue weighted by atomic mass is 19.3. The number of fused-ring (bicyclic) bond motifs is 1. The molecule has 1 aromatic carbocycles. The number of hydrogen-bond donors (Lipinski definition) is 1. The third kappa shape index (κ3) is 1.43. The van der Waals surface area contributed by atoms with Crippen LogP contribution < -0.4 is 10.1 Å². The van der Waals surface area contributed by atoms with Gasteiger partial charge in [0.25, 0.3) is 0 Å². The molecular formula is C9H9F2NO. The maximum absolute atomic E-state index is 12.7. The first-order valence-electron chi connectivity index (χ1n) is 3.98. The molecule has 0 aromatic heterocycles. The van der Waals surface area contributed by atoms with E-state index < -0.39 is 6.11 Å². The van der Waals surface area contributed by atoms with Gasteiger partial charge >= 0.3 is 6.11 Å². The molecule has 0 spiro atoms. The molecule has 13 heavy (non-hydrogen) atoms. The SMILES string of the molecule is CNc1ccc2c(c1)OC(F)(F)C2. The summed E-state index contributed by atoms with van der Waals surface area (Å²) < 4.78 is 29.9. The Morgan fingerprint density at radius 3 is 2.92 bits per heavy atom. The molecule has 1 heterocycles. The van der Waals surface area contributed by atoms with Crippen LogP contribution in [0.3, 0.4) is 0 Å². The fourth-order valence-corrected chi connectivity index (χ4v) is 1.37. The Bertz CT molecular complexity index is 338. The molecule has 1 aliphatic rings. The number of anilines is 1. The van der Waals surface area contributed by atoms with Crippen LogP contribution >= 0.6 is 0 Å². The van der Waals surface area contributed by atoms with Crippen molar-refractivity contribution in [2.45, 2.75) is 12.5 Å². The zero-order valence-corrected chi connectivity index (χ0v) is 7.10. The van der Waals surface area contributed by atoms with Gasteiger partial charge in [0, 0.05) is 24.4 Å². The number of benzene rings is 1. The van der Waals surface area contributed by atoms with Gasteiger partial charge in [0.2, 0.25) is 0 Å². The summed E-state index contributed by atoms with van der Waals surface area (Å²) in [7, 11) is 1.73. The highest BCUT2D eigenvalue weighted by Gasteiger charge is 2.39. The van der Waals surface area contributed by atoms with Gasteiger partial charge in [0.15, 0.2) is 0 Å². The standard InChI is InChI=1S/C9H9F2NO/c1-12-7-3-2-6-5-9(10,11)13-8(6)4-7/h2-4,12H,5H2,1H3. The van der Waals surface area contributed by atoms with E-state index in [2.05, 4.69) is 10.1 Å². The minimum atomic E-state index is -3.03. The molecule has 0 saturated carbocycles. The molecule has 4 heteroatoms. The minimum absolute atomic E-state index is 0.275. The molecule has 1 aliphatic heterocycles. The molecule has 2 rings (SSSR count). The predicted molar refractivity (Wildman–Crippen MR) is 45.3 cm³/mol. The van der Waals surface area contributed by atoms with E-state index in [4.69, 9.17) is 0 Å². The van der Waals surface area contributed by atoms with Crippen LogP contribution in [-0.4, -0.2) is 13.2 Å². The summed E-state index contributed by atoms with van der Waals surface area (Å²) in [5, 5.41) is 2.86. The first kappa shape index (κ1) is 8.29. The van der Waals surface area contributed by atoms with Crippen LogP contribution in [0.25, 0.3) is 0 Å². The van der Waals surface area contributed by atoms with Gasteiger partial charge in [-0.1, -0.05) is 6.07 Å². The molecule has 0 atom stereocenters. The van der Waals surface area contributed by atoms with Gasteiger partial charge in [-0.3, -0.25) is 0 Å². The Kier molecular flexibility index (Phi) is 1.65. The van der Waals surface area contributed by atoms with Crippen LogP contribution in [-0.2, 0) is 6.42 Å². The number of rotatable bonds is 1. The third-order valence-corrected chi connectivity index (χ3v) is 2.01.